The molecule has 2 fully saturated rings. The quantitative estimate of drug-likeness (QED) is 0.902. The van der Waals surface area contributed by atoms with Crippen LogP contribution in [0.4, 0.5) is 0 Å². The number of ether oxygens (including phenoxy) is 1. The molecule has 1 amide bonds. The molecule has 126 valence electrons. The Morgan fingerprint density at radius 1 is 1.33 bits per heavy atom. The van der Waals surface area contributed by atoms with Crippen molar-refractivity contribution in [3.8, 4) is 0 Å². The summed E-state index contributed by atoms with van der Waals surface area (Å²) in [4.78, 5) is 18.6. The van der Waals surface area contributed by atoms with Gasteiger partial charge in [0.25, 0.3) is 5.91 Å². The molecule has 2 aromatic rings. The molecule has 0 bridgehead atoms. The third-order valence-corrected chi connectivity index (χ3v) is 5.66. The summed E-state index contributed by atoms with van der Waals surface area (Å²) in [6.45, 7) is 4.39. The van der Waals surface area contributed by atoms with Gasteiger partial charge in [-0.2, -0.15) is 11.3 Å². The summed E-state index contributed by atoms with van der Waals surface area (Å²) in [5.41, 5.74) is 2.04. The van der Waals surface area contributed by atoms with E-state index in [9.17, 15) is 4.79 Å². The number of amides is 1. The van der Waals surface area contributed by atoms with Crippen molar-refractivity contribution in [3.63, 3.8) is 0 Å². The van der Waals surface area contributed by atoms with E-state index >= 15 is 0 Å². The highest BCUT2D eigenvalue weighted by atomic mass is 32.1. The largest absolute Gasteiger partial charge is 0.376 e. The SMILES string of the molecule is O=C(NC[C@@H]1CO[C@@H]2CN(Cc3ccncc3)C[C@H]12)c1ccsc1. The summed E-state index contributed by atoms with van der Waals surface area (Å²) in [5, 5.41) is 6.88. The smallest absolute Gasteiger partial charge is 0.252 e. The Morgan fingerprint density at radius 3 is 3.00 bits per heavy atom. The zero-order chi connectivity index (χ0) is 16.4. The summed E-state index contributed by atoms with van der Waals surface area (Å²) in [6.07, 6.45) is 3.98. The van der Waals surface area contributed by atoms with Gasteiger partial charge in [0.15, 0.2) is 0 Å². The number of rotatable bonds is 5. The van der Waals surface area contributed by atoms with Crippen molar-refractivity contribution in [3.05, 3.63) is 52.5 Å². The number of carbonyl (C=O) groups excluding carboxylic acids is 1. The Balaban J connectivity index is 1.30. The third kappa shape index (κ3) is 3.36. The van der Waals surface area contributed by atoms with E-state index in [0.717, 1.165) is 31.8 Å². The van der Waals surface area contributed by atoms with E-state index in [1.807, 2.05) is 29.2 Å². The fourth-order valence-corrected chi connectivity index (χ4v) is 4.32. The molecule has 24 heavy (non-hydrogen) atoms. The second-order valence-electron chi connectivity index (χ2n) is 6.57. The second-order valence-corrected chi connectivity index (χ2v) is 7.35. The molecule has 0 saturated carbocycles. The molecule has 2 aromatic heterocycles. The number of fused-ring (bicyclic) bond motifs is 1. The lowest BCUT2D eigenvalue weighted by atomic mass is 9.93. The minimum absolute atomic E-state index is 0.0198. The van der Waals surface area contributed by atoms with E-state index in [-0.39, 0.29) is 5.91 Å². The highest BCUT2D eigenvalue weighted by Gasteiger charge is 2.43. The average molecular weight is 343 g/mol. The first-order valence-corrected chi connectivity index (χ1v) is 9.27. The second kappa shape index (κ2) is 7.01. The zero-order valence-electron chi connectivity index (χ0n) is 13.4. The molecule has 5 nitrogen and oxygen atoms in total. The van der Waals surface area contributed by atoms with Gasteiger partial charge >= 0.3 is 0 Å². The molecule has 0 spiro atoms. The molecule has 0 radical (unpaired) electrons. The normalized spacial score (nSPS) is 26.4. The maximum atomic E-state index is 12.1. The maximum absolute atomic E-state index is 12.1. The topological polar surface area (TPSA) is 54.5 Å². The van der Waals surface area contributed by atoms with Crippen LogP contribution in [0.15, 0.2) is 41.4 Å². The van der Waals surface area contributed by atoms with Crippen molar-refractivity contribution in [2.24, 2.45) is 11.8 Å². The summed E-state index contributed by atoms with van der Waals surface area (Å²) in [6, 6.07) is 5.99. The number of carbonyl (C=O) groups is 1. The van der Waals surface area contributed by atoms with Crippen molar-refractivity contribution in [2.45, 2.75) is 12.6 Å². The summed E-state index contributed by atoms with van der Waals surface area (Å²) < 4.78 is 5.98. The Morgan fingerprint density at radius 2 is 2.21 bits per heavy atom. The highest BCUT2D eigenvalue weighted by molar-refractivity contribution is 7.08. The molecule has 4 rings (SSSR count). The molecule has 2 aliphatic rings. The van der Waals surface area contributed by atoms with Crippen molar-refractivity contribution < 1.29 is 9.53 Å². The van der Waals surface area contributed by atoms with Crippen molar-refractivity contribution >= 4 is 17.2 Å². The van der Waals surface area contributed by atoms with Gasteiger partial charge < -0.3 is 10.1 Å². The molecule has 2 aliphatic heterocycles. The van der Waals surface area contributed by atoms with Crippen LogP contribution in [-0.2, 0) is 11.3 Å². The van der Waals surface area contributed by atoms with Crippen LogP contribution >= 0.6 is 11.3 Å². The number of nitrogens with one attached hydrogen (secondary N) is 1. The van der Waals surface area contributed by atoms with Crippen molar-refractivity contribution in [2.75, 3.05) is 26.2 Å². The molecule has 4 heterocycles. The van der Waals surface area contributed by atoms with Crippen molar-refractivity contribution in [1.29, 1.82) is 0 Å². The Labute approximate surface area is 145 Å². The van der Waals surface area contributed by atoms with Crippen LogP contribution in [0.2, 0.25) is 0 Å². The monoisotopic (exact) mass is 343 g/mol. The van der Waals surface area contributed by atoms with Gasteiger partial charge in [0.2, 0.25) is 0 Å². The predicted molar refractivity (Wildman–Crippen MR) is 92.9 cm³/mol. The van der Waals surface area contributed by atoms with Crippen LogP contribution in [0.3, 0.4) is 0 Å². The molecule has 1 N–H and O–H groups in total. The first-order valence-electron chi connectivity index (χ1n) is 8.33. The van der Waals surface area contributed by atoms with E-state index in [0.29, 0.717) is 24.5 Å². The standard InChI is InChI=1S/C18H21N3O2S/c22-18(14-3-6-24-12-14)20-7-15-11-23-17-10-21(9-16(15)17)8-13-1-4-19-5-2-13/h1-6,12,15-17H,7-11H2,(H,20,22)/t15-,16-,17-/m1/s1. The molecule has 0 aromatic carbocycles. The number of pyridine rings is 1. The van der Waals surface area contributed by atoms with Gasteiger partial charge in [-0.25, -0.2) is 0 Å². The molecule has 3 atom stereocenters. The van der Waals surface area contributed by atoms with Crippen LogP contribution in [0.5, 0.6) is 0 Å². The summed E-state index contributed by atoms with van der Waals surface area (Å²) >= 11 is 1.55. The van der Waals surface area contributed by atoms with E-state index in [1.165, 1.54) is 5.56 Å². The first-order chi connectivity index (χ1) is 11.8. The molecule has 6 heteroatoms. The van der Waals surface area contributed by atoms with Gasteiger partial charge in [-0.3, -0.25) is 14.7 Å². The lowest BCUT2D eigenvalue weighted by molar-refractivity contribution is 0.0904. The van der Waals surface area contributed by atoms with E-state index < -0.39 is 0 Å². The maximum Gasteiger partial charge on any atom is 0.252 e. The molecular formula is C18H21N3O2S. The van der Waals surface area contributed by atoms with Crippen LogP contribution in [0.1, 0.15) is 15.9 Å². The first kappa shape index (κ1) is 15.7. The lowest BCUT2D eigenvalue weighted by Gasteiger charge is -2.20. The number of aromatic nitrogens is 1. The van der Waals surface area contributed by atoms with Crippen LogP contribution in [0, 0.1) is 11.8 Å². The number of thiophene rings is 1. The fourth-order valence-electron chi connectivity index (χ4n) is 3.69. The summed E-state index contributed by atoms with van der Waals surface area (Å²) in [7, 11) is 0. The van der Waals surface area contributed by atoms with E-state index in [2.05, 4.69) is 27.3 Å². The van der Waals surface area contributed by atoms with Gasteiger partial charge in [0.1, 0.15) is 0 Å². The van der Waals surface area contributed by atoms with E-state index in [4.69, 9.17) is 4.74 Å². The van der Waals surface area contributed by atoms with Crippen molar-refractivity contribution in [1.82, 2.24) is 15.2 Å². The lowest BCUT2D eigenvalue weighted by Crippen LogP contribution is -2.34. The third-order valence-electron chi connectivity index (χ3n) is 4.98. The zero-order valence-corrected chi connectivity index (χ0v) is 14.2. The van der Waals surface area contributed by atoms with Gasteiger partial charge in [-0.05, 0) is 29.1 Å². The number of likely N-dealkylation sites (tertiary alicyclic amines) is 1. The number of nitrogens with zero attached hydrogens (tertiary/aromatic N) is 2. The number of hydrogen-bond acceptors (Lipinski definition) is 5. The fraction of sp³-hybridized carbons (Fsp3) is 0.444. The molecule has 0 aliphatic carbocycles. The van der Waals surface area contributed by atoms with Gasteiger partial charge in [0, 0.05) is 61.4 Å². The summed E-state index contributed by atoms with van der Waals surface area (Å²) in [5.74, 6) is 0.931. The van der Waals surface area contributed by atoms with Gasteiger partial charge in [-0.1, -0.05) is 0 Å². The molecular weight excluding hydrogens is 322 g/mol. The Kier molecular flexibility index (Phi) is 4.60. The average Bonchev–Trinajstić information content (AvgIpc) is 3.31. The van der Waals surface area contributed by atoms with Gasteiger partial charge in [-0.15, -0.1) is 0 Å². The van der Waals surface area contributed by atoms with Crippen LogP contribution < -0.4 is 5.32 Å². The highest BCUT2D eigenvalue weighted by Crippen LogP contribution is 2.34. The minimum Gasteiger partial charge on any atom is -0.376 e. The van der Waals surface area contributed by atoms with E-state index in [1.54, 1.807) is 11.3 Å². The Bertz CT molecular complexity index is 677. The molecule has 0 unspecified atom stereocenters. The predicted octanol–water partition coefficient (Wildman–Crippen LogP) is 2.02. The number of hydrogen-bond donors (Lipinski definition) is 1. The minimum atomic E-state index is 0.0198. The Hall–Kier alpha value is -1.76. The van der Waals surface area contributed by atoms with Crippen LogP contribution in [-0.4, -0.2) is 48.1 Å². The molecule has 2 saturated heterocycles. The van der Waals surface area contributed by atoms with Crippen LogP contribution in [0.25, 0.3) is 0 Å². The van der Waals surface area contributed by atoms with Gasteiger partial charge in [0.05, 0.1) is 12.7 Å².